The van der Waals surface area contributed by atoms with Gasteiger partial charge in [-0.15, -0.1) is 0 Å². The van der Waals surface area contributed by atoms with Gasteiger partial charge in [0.15, 0.2) is 0 Å². The van der Waals surface area contributed by atoms with Gasteiger partial charge < -0.3 is 16.4 Å². The highest BCUT2D eigenvalue weighted by Crippen LogP contribution is 2.41. The molecule has 1 aliphatic carbocycles. The number of rotatable bonds is 7. The van der Waals surface area contributed by atoms with Crippen LogP contribution in [0.25, 0.3) is 0 Å². The van der Waals surface area contributed by atoms with E-state index < -0.39 is 11.0 Å². The average molecular weight is 458 g/mol. The Bertz CT molecular complexity index is 978. The van der Waals surface area contributed by atoms with E-state index in [-0.39, 0.29) is 23.9 Å². The third-order valence-corrected chi connectivity index (χ3v) is 7.50. The van der Waals surface area contributed by atoms with Gasteiger partial charge in [-0.3, -0.25) is 9.59 Å². The van der Waals surface area contributed by atoms with Crippen LogP contribution < -0.4 is 16.4 Å². The molecule has 6 nitrogen and oxygen atoms in total. The zero-order valence-electron chi connectivity index (χ0n) is 19.5. The Morgan fingerprint density at radius 3 is 1.97 bits per heavy atom. The summed E-state index contributed by atoms with van der Waals surface area (Å²) in [5, 5.41) is 17.0. The lowest BCUT2D eigenvalue weighted by atomic mass is 9.70. The molecule has 1 radical (unpaired) electrons. The van der Waals surface area contributed by atoms with Crippen molar-refractivity contribution < 1.29 is 9.59 Å². The second-order valence-electron chi connectivity index (χ2n) is 9.80. The van der Waals surface area contributed by atoms with Crippen LogP contribution in [0.1, 0.15) is 74.6 Å². The summed E-state index contributed by atoms with van der Waals surface area (Å²) in [4.78, 5) is 25.3. The van der Waals surface area contributed by atoms with E-state index in [2.05, 4.69) is 16.7 Å². The van der Waals surface area contributed by atoms with Gasteiger partial charge in [0, 0.05) is 30.3 Å². The van der Waals surface area contributed by atoms with Crippen molar-refractivity contribution in [3.05, 3.63) is 78.2 Å². The summed E-state index contributed by atoms with van der Waals surface area (Å²) >= 11 is 0. The molecule has 2 unspecified atom stereocenters. The summed E-state index contributed by atoms with van der Waals surface area (Å²) in [5.41, 5.74) is 6.21. The van der Waals surface area contributed by atoms with Gasteiger partial charge in [-0.2, -0.15) is 5.26 Å². The molecule has 1 heterocycles. The molecule has 2 atom stereocenters. The van der Waals surface area contributed by atoms with Crippen molar-refractivity contribution in [3.63, 3.8) is 0 Å². The van der Waals surface area contributed by atoms with E-state index in [1.807, 2.05) is 60.7 Å². The molecule has 1 aliphatic heterocycles. The predicted octanol–water partition coefficient (Wildman–Crippen LogP) is 4.26. The second kappa shape index (κ2) is 10.4. The Balaban J connectivity index is 1.53. The fourth-order valence-electron chi connectivity index (χ4n) is 5.52. The molecule has 2 aromatic rings. The average Bonchev–Trinajstić information content (AvgIpc) is 2.89. The van der Waals surface area contributed by atoms with E-state index in [9.17, 15) is 14.9 Å². The number of carbonyl (C=O) groups excluding carboxylic acids is 2. The van der Waals surface area contributed by atoms with Crippen LogP contribution in [0.5, 0.6) is 0 Å². The van der Waals surface area contributed by atoms with Gasteiger partial charge in [0.1, 0.15) is 5.54 Å². The Labute approximate surface area is 201 Å². The normalized spacial score (nSPS) is 26.2. The fourth-order valence-corrected chi connectivity index (χ4v) is 5.52. The maximum absolute atomic E-state index is 13.1. The van der Waals surface area contributed by atoms with Gasteiger partial charge in [-0.1, -0.05) is 79.9 Å². The number of hydrogen-bond donors (Lipinski definition) is 3. The van der Waals surface area contributed by atoms with Crippen LogP contribution in [0.4, 0.5) is 0 Å². The first-order valence-electron chi connectivity index (χ1n) is 12.2. The summed E-state index contributed by atoms with van der Waals surface area (Å²) in [6, 6.07) is 22.3. The number of piperidine rings is 1. The molecule has 177 valence electrons. The standard InChI is InChI=1S/C28H33N4O2/c29-20-28(32-25(33)14-17-27(26(30)34)15-8-3-9-16-27)18-23(21-10-4-1-5-11-21)31-24(19-28)22-12-6-2-7-13-22/h1-2,4-7,10-14,23-24,31H,3,8-9,15-19H2,(H2,30,34)(H,32,33). The number of benzene rings is 2. The first kappa shape index (κ1) is 24.0. The molecule has 4 rings (SSSR count). The number of nitrogens with one attached hydrogen (secondary N) is 2. The van der Waals surface area contributed by atoms with E-state index in [1.54, 1.807) is 0 Å². The number of amides is 2. The predicted molar refractivity (Wildman–Crippen MR) is 131 cm³/mol. The van der Waals surface area contributed by atoms with Gasteiger partial charge in [-0.25, -0.2) is 0 Å². The van der Waals surface area contributed by atoms with Gasteiger partial charge in [0.05, 0.1) is 12.5 Å². The van der Waals surface area contributed by atoms with Gasteiger partial charge in [-0.05, 0) is 30.4 Å². The van der Waals surface area contributed by atoms with Crippen LogP contribution >= 0.6 is 0 Å². The van der Waals surface area contributed by atoms with Crippen molar-refractivity contribution in [2.24, 2.45) is 11.1 Å². The monoisotopic (exact) mass is 457 g/mol. The highest BCUT2D eigenvalue weighted by atomic mass is 16.2. The maximum atomic E-state index is 13.1. The molecule has 2 aliphatic rings. The molecule has 2 amide bonds. The molecule has 0 spiro atoms. The maximum Gasteiger partial charge on any atom is 0.225 e. The highest BCUT2D eigenvalue weighted by Gasteiger charge is 2.44. The molecule has 2 fully saturated rings. The van der Waals surface area contributed by atoms with Gasteiger partial charge in [0.25, 0.3) is 0 Å². The summed E-state index contributed by atoms with van der Waals surface area (Å²) in [6.07, 6.45) is 7.18. The zero-order valence-corrected chi connectivity index (χ0v) is 19.5. The Kier molecular flexibility index (Phi) is 7.33. The smallest absolute Gasteiger partial charge is 0.225 e. The minimum Gasteiger partial charge on any atom is -0.369 e. The van der Waals surface area contributed by atoms with Crippen LogP contribution in [0.15, 0.2) is 60.7 Å². The molecule has 0 bridgehead atoms. The van der Waals surface area contributed by atoms with Crippen molar-refractivity contribution in [2.45, 2.75) is 69.0 Å². The first-order valence-corrected chi connectivity index (χ1v) is 12.2. The Morgan fingerprint density at radius 1 is 0.971 bits per heavy atom. The van der Waals surface area contributed by atoms with Crippen molar-refractivity contribution >= 4 is 11.8 Å². The number of primary amides is 1. The lowest BCUT2D eigenvalue weighted by Gasteiger charge is -2.42. The van der Waals surface area contributed by atoms with E-state index in [1.165, 1.54) is 6.42 Å². The fraction of sp³-hybridized carbons (Fsp3) is 0.429. The summed E-state index contributed by atoms with van der Waals surface area (Å²) in [5.74, 6) is -0.644. The van der Waals surface area contributed by atoms with E-state index >= 15 is 0 Å². The minimum atomic E-state index is -1.04. The van der Waals surface area contributed by atoms with Crippen molar-refractivity contribution in [1.29, 1.82) is 5.26 Å². The van der Waals surface area contributed by atoms with Crippen LogP contribution in [-0.2, 0) is 9.59 Å². The van der Waals surface area contributed by atoms with Crippen molar-refractivity contribution in [2.75, 3.05) is 0 Å². The largest absolute Gasteiger partial charge is 0.369 e. The SMILES string of the molecule is N#CC1(NC(=O)[CH]CC2(C(N)=O)CCCCC2)CC(c2ccccc2)NC(c2ccccc2)C1. The molecular formula is C28H33N4O2. The summed E-state index contributed by atoms with van der Waals surface area (Å²) < 4.78 is 0. The number of hydrogen-bond acceptors (Lipinski definition) is 4. The topological polar surface area (TPSA) is 108 Å². The quantitative estimate of drug-likeness (QED) is 0.577. The van der Waals surface area contributed by atoms with E-state index in [0.29, 0.717) is 32.1 Å². The molecule has 2 aromatic carbocycles. The Hall–Kier alpha value is -3.17. The van der Waals surface area contributed by atoms with Crippen LogP contribution in [0, 0.1) is 23.2 Å². The lowest BCUT2D eigenvalue weighted by molar-refractivity contribution is -0.130. The van der Waals surface area contributed by atoms with Crippen molar-refractivity contribution in [1.82, 2.24) is 10.6 Å². The van der Waals surface area contributed by atoms with Crippen LogP contribution in [-0.4, -0.2) is 17.4 Å². The van der Waals surface area contributed by atoms with E-state index in [0.717, 1.165) is 30.4 Å². The zero-order chi connectivity index (χ0) is 24.0. The third kappa shape index (κ3) is 5.31. The molecule has 0 aromatic heterocycles. The highest BCUT2D eigenvalue weighted by molar-refractivity contribution is 5.88. The molecule has 1 saturated heterocycles. The van der Waals surface area contributed by atoms with Gasteiger partial charge in [0.2, 0.25) is 11.8 Å². The number of nitriles is 1. The third-order valence-electron chi connectivity index (χ3n) is 7.50. The molecule has 34 heavy (non-hydrogen) atoms. The molecule has 1 saturated carbocycles. The summed E-state index contributed by atoms with van der Waals surface area (Å²) in [6.45, 7) is 0. The van der Waals surface area contributed by atoms with Crippen LogP contribution in [0.3, 0.4) is 0 Å². The van der Waals surface area contributed by atoms with Crippen LogP contribution in [0.2, 0.25) is 0 Å². The molecule has 4 N–H and O–H groups in total. The lowest BCUT2D eigenvalue weighted by Crippen LogP contribution is -2.55. The number of carbonyl (C=O) groups is 2. The van der Waals surface area contributed by atoms with E-state index in [4.69, 9.17) is 5.73 Å². The number of nitrogens with two attached hydrogens (primary N) is 1. The Morgan fingerprint density at radius 2 is 1.50 bits per heavy atom. The van der Waals surface area contributed by atoms with Gasteiger partial charge >= 0.3 is 0 Å². The second-order valence-corrected chi connectivity index (χ2v) is 9.80. The summed E-state index contributed by atoms with van der Waals surface area (Å²) in [7, 11) is 0. The minimum absolute atomic E-state index is 0.0876. The number of nitrogens with zero attached hydrogens (tertiary/aromatic N) is 1. The molecular weight excluding hydrogens is 424 g/mol. The first-order chi connectivity index (χ1) is 16.5. The molecule has 6 heteroatoms. The van der Waals surface area contributed by atoms with Crippen molar-refractivity contribution in [3.8, 4) is 6.07 Å².